The number of aliphatic hydroxyl groups is 1. The predicted molar refractivity (Wildman–Crippen MR) is 84.3 cm³/mol. The first-order valence-electron chi connectivity index (χ1n) is 6.88. The Morgan fingerprint density at radius 3 is 2.43 bits per heavy atom. The number of para-hydroxylation sites is 1. The van der Waals surface area contributed by atoms with E-state index < -0.39 is 6.10 Å². The van der Waals surface area contributed by atoms with E-state index in [0.29, 0.717) is 11.5 Å². The molecule has 0 bridgehead atoms. The van der Waals surface area contributed by atoms with E-state index in [1.807, 2.05) is 38.1 Å². The molecule has 0 aliphatic rings. The summed E-state index contributed by atoms with van der Waals surface area (Å²) in [5, 5.41) is 10.4. The third-order valence-corrected chi connectivity index (χ3v) is 3.95. The summed E-state index contributed by atoms with van der Waals surface area (Å²) in [6.45, 7) is 3.91. The van der Waals surface area contributed by atoms with E-state index >= 15 is 0 Å². The quantitative estimate of drug-likeness (QED) is 0.800. The van der Waals surface area contributed by atoms with Crippen LogP contribution in [-0.4, -0.2) is 17.0 Å². The van der Waals surface area contributed by atoms with Crippen LogP contribution in [0, 0.1) is 5.82 Å². The van der Waals surface area contributed by atoms with Crippen LogP contribution in [0.25, 0.3) is 0 Å². The molecule has 0 radical (unpaired) electrons. The van der Waals surface area contributed by atoms with Crippen molar-refractivity contribution in [3.05, 3.63) is 59.9 Å². The zero-order chi connectivity index (χ0) is 15.2. The summed E-state index contributed by atoms with van der Waals surface area (Å²) in [6.07, 6.45) is -0.571. The second-order valence-electron chi connectivity index (χ2n) is 4.99. The molecule has 2 rings (SSSR count). The van der Waals surface area contributed by atoms with Gasteiger partial charge in [0.05, 0.1) is 12.2 Å². The van der Waals surface area contributed by atoms with Gasteiger partial charge in [-0.3, -0.25) is 0 Å². The number of aliphatic hydroxyl groups excluding tert-OH is 1. The van der Waals surface area contributed by atoms with Crippen LogP contribution in [0.4, 0.5) is 4.39 Å². The molecule has 0 fully saturated rings. The average molecular weight is 306 g/mol. The Hall–Kier alpha value is -1.52. The van der Waals surface area contributed by atoms with E-state index in [1.54, 1.807) is 12.1 Å². The predicted octanol–water partition coefficient (Wildman–Crippen LogP) is 4.44. The van der Waals surface area contributed by atoms with Crippen molar-refractivity contribution < 1.29 is 14.2 Å². The Morgan fingerprint density at radius 1 is 1.10 bits per heavy atom. The van der Waals surface area contributed by atoms with Crippen molar-refractivity contribution in [2.24, 2.45) is 0 Å². The molecule has 0 saturated carbocycles. The van der Waals surface area contributed by atoms with Gasteiger partial charge in [0.1, 0.15) is 11.6 Å². The molecule has 1 unspecified atom stereocenters. The van der Waals surface area contributed by atoms with Gasteiger partial charge in [0.25, 0.3) is 0 Å². The third kappa shape index (κ3) is 4.76. The van der Waals surface area contributed by atoms with Crippen molar-refractivity contribution in [3.8, 4) is 5.75 Å². The number of halogens is 1. The number of ether oxygens (including phenoxy) is 1. The Morgan fingerprint density at radius 2 is 1.76 bits per heavy atom. The van der Waals surface area contributed by atoms with Gasteiger partial charge < -0.3 is 9.84 Å². The maximum Gasteiger partial charge on any atom is 0.125 e. The molecule has 0 spiro atoms. The van der Waals surface area contributed by atoms with Crippen LogP contribution >= 0.6 is 11.8 Å². The summed E-state index contributed by atoms with van der Waals surface area (Å²) in [7, 11) is 0. The van der Waals surface area contributed by atoms with Crippen LogP contribution < -0.4 is 4.74 Å². The Balaban J connectivity index is 2.03. The highest BCUT2D eigenvalue weighted by atomic mass is 32.2. The number of hydrogen-bond donors (Lipinski definition) is 1. The zero-order valence-corrected chi connectivity index (χ0v) is 12.9. The van der Waals surface area contributed by atoms with Gasteiger partial charge in [-0.05, 0) is 44.2 Å². The molecule has 0 heterocycles. The van der Waals surface area contributed by atoms with E-state index in [0.717, 1.165) is 10.5 Å². The monoisotopic (exact) mass is 306 g/mol. The van der Waals surface area contributed by atoms with Crippen LogP contribution in [0.2, 0.25) is 0 Å². The standard InChI is InChI=1S/C17H19FO2S/c1-12(2)20-17-6-4-3-5-15(17)16(19)11-21-14-9-7-13(18)8-10-14/h3-10,12,16,19H,11H2,1-2H3. The molecule has 1 N–H and O–H groups in total. The lowest BCUT2D eigenvalue weighted by molar-refractivity contribution is 0.186. The fraction of sp³-hybridized carbons (Fsp3) is 0.294. The van der Waals surface area contributed by atoms with Gasteiger partial charge in [-0.25, -0.2) is 4.39 Å². The Kier molecular flexibility index (Phi) is 5.65. The molecular formula is C17H19FO2S. The summed E-state index contributed by atoms with van der Waals surface area (Å²) in [4.78, 5) is 0.928. The van der Waals surface area contributed by atoms with Gasteiger partial charge in [-0.15, -0.1) is 11.8 Å². The Bertz CT molecular complexity index is 569. The van der Waals surface area contributed by atoms with E-state index in [9.17, 15) is 9.50 Å². The third-order valence-electron chi connectivity index (χ3n) is 2.86. The number of rotatable bonds is 6. The average Bonchev–Trinajstić information content (AvgIpc) is 2.46. The molecule has 0 aliphatic carbocycles. The van der Waals surface area contributed by atoms with Crippen LogP contribution in [0.5, 0.6) is 5.75 Å². The molecule has 4 heteroatoms. The molecule has 1 atom stereocenters. The Labute approximate surface area is 129 Å². The van der Waals surface area contributed by atoms with Crippen molar-refractivity contribution in [3.63, 3.8) is 0 Å². The number of hydrogen-bond acceptors (Lipinski definition) is 3. The summed E-state index contributed by atoms with van der Waals surface area (Å²) in [5.41, 5.74) is 0.779. The molecule has 2 nitrogen and oxygen atoms in total. The maximum atomic E-state index is 12.8. The van der Waals surface area contributed by atoms with Gasteiger partial charge in [0.2, 0.25) is 0 Å². The van der Waals surface area contributed by atoms with Crippen molar-refractivity contribution in [1.29, 1.82) is 0 Å². The van der Waals surface area contributed by atoms with Crippen LogP contribution in [-0.2, 0) is 0 Å². The van der Waals surface area contributed by atoms with Crippen LogP contribution in [0.15, 0.2) is 53.4 Å². The van der Waals surface area contributed by atoms with Crippen molar-refractivity contribution in [2.45, 2.75) is 31.0 Å². The number of benzene rings is 2. The molecule has 112 valence electrons. The fourth-order valence-electron chi connectivity index (χ4n) is 1.91. The normalized spacial score (nSPS) is 12.4. The fourth-order valence-corrected chi connectivity index (χ4v) is 2.77. The molecule has 0 amide bonds. The van der Waals surface area contributed by atoms with Gasteiger partial charge in [0, 0.05) is 16.2 Å². The molecule has 0 saturated heterocycles. The van der Waals surface area contributed by atoms with Gasteiger partial charge in [-0.1, -0.05) is 18.2 Å². The molecule has 21 heavy (non-hydrogen) atoms. The largest absolute Gasteiger partial charge is 0.491 e. The smallest absolute Gasteiger partial charge is 0.125 e. The van der Waals surface area contributed by atoms with E-state index in [1.165, 1.54) is 23.9 Å². The first-order valence-corrected chi connectivity index (χ1v) is 7.87. The van der Waals surface area contributed by atoms with Crippen LogP contribution in [0.3, 0.4) is 0 Å². The van der Waals surface area contributed by atoms with E-state index in [2.05, 4.69) is 0 Å². The second kappa shape index (κ2) is 7.48. The minimum Gasteiger partial charge on any atom is -0.491 e. The zero-order valence-electron chi connectivity index (χ0n) is 12.1. The highest BCUT2D eigenvalue weighted by Gasteiger charge is 2.14. The molecular weight excluding hydrogens is 287 g/mol. The van der Waals surface area contributed by atoms with Crippen molar-refractivity contribution in [2.75, 3.05) is 5.75 Å². The van der Waals surface area contributed by atoms with Crippen molar-refractivity contribution in [1.82, 2.24) is 0 Å². The molecule has 0 aromatic heterocycles. The van der Waals surface area contributed by atoms with Gasteiger partial charge in [0.15, 0.2) is 0 Å². The topological polar surface area (TPSA) is 29.5 Å². The highest BCUT2D eigenvalue weighted by Crippen LogP contribution is 2.30. The number of thioether (sulfide) groups is 1. The van der Waals surface area contributed by atoms with Gasteiger partial charge >= 0.3 is 0 Å². The minimum absolute atomic E-state index is 0.0584. The molecule has 2 aromatic rings. The SMILES string of the molecule is CC(C)Oc1ccccc1C(O)CSc1ccc(F)cc1. The van der Waals surface area contributed by atoms with Crippen molar-refractivity contribution >= 4 is 11.8 Å². The van der Waals surface area contributed by atoms with E-state index in [4.69, 9.17) is 4.74 Å². The minimum atomic E-state index is -0.630. The van der Waals surface area contributed by atoms with E-state index in [-0.39, 0.29) is 11.9 Å². The van der Waals surface area contributed by atoms with Crippen LogP contribution in [0.1, 0.15) is 25.5 Å². The summed E-state index contributed by atoms with van der Waals surface area (Å²) < 4.78 is 18.6. The summed E-state index contributed by atoms with van der Waals surface area (Å²) >= 11 is 1.49. The summed E-state index contributed by atoms with van der Waals surface area (Å²) in [6, 6.07) is 13.8. The lowest BCUT2D eigenvalue weighted by Crippen LogP contribution is -2.10. The molecule has 0 aliphatic heterocycles. The summed E-state index contributed by atoms with van der Waals surface area (Å²) in [5.74, 6) is 0.944. The van der Waals surface area contributed by atoms with Gasteiger partial charge in [-0.2, -0.15) is 0 Å². The lowest BCUT2D eigenvalue weighted by Gasteiger charge is -2.17. The lowest BCUT2D eigenvalue weighted by atomic mass is 10.1. The second-order valence-corrected chi connectivity index (χ2v) is 6.08. The first-order chi connectivity index (χ1) is 10.1. The highest BCUT2D eigenvalue weighted by molar-refractivity contribution is 7.99. The molecule has 2 aromatic carbocycles. The first kappa shape index (κ1) is 15.9. The maximum absolute atomic E-state index is 12.8.